The van der Waals surface area contributed by atoms with E-state index in [1.54, 1.807) is 27.7 Å². The standard InChI is InChI=1S/C12H23NO4/c1-11(2,3)17-10(15)13-8-12(4,16)6-5-9(13)7-14/h9,14,16H,5-8H2,1-4H3/t9?,12-/m0/s1. The molecule has 1 aliphatic heterocycles. The van der Waals surface area contributed by atoms with Crippen LogP contribution in [0.4, 0.5) is 4.79 Å². The third-order valence-electron chi connectivity index (χ3n) is 2.81. The van der Waals surface area contributed by atoms with E-state index in [2.05, 4.69) is 0 Å². The zero-order valence-corrected chi connectivity index (χ0v) is 11.1. The van der Waals surface area contributed by atoms with Crippen molar-refractivity contribution in [2.24, 2.45) is 0 Å². The average molecular weight is 245 g/mol. The van der Waals surface area contributed by atoms with Crippen molar-refractivity contribution in [1.82, 2.24) is 4.90 Å². The van der Waals surface area contributed by atoms with Crippen molar-refractivity contribution in [2.45, 2.75) is 57.8 Å². The second-order valence-corrected chi connectivity index (χ2v) is 5.98. The summed E-state index contributed by atoms with van der Waals surface area (Å²) < 4.78 is 5.27. The quantitative estimate of drug-likeness (QED) is 0.726. The van der Waals surface area contributed by atoms with Crippen molar-refractivity contribution in [1.29, 1.82) is 0 Å². The third kappa shape index (κ3) is 4.16. The maximum absolute atomic E-state index is 12.0. The molecule has 1 heterocycles. The Morgan fingerprint density at radius 2 is 2.12 bits per heavy atom. The van der Waals surface area contributed by atoms with Crippen molar-refractivity contribution >= 4 is 6.09 Å². The zero-order valence-electron chi connectivity index (χ0n) is 11.1. The number of aliphatic hydroxyl groups excluding tert-OH is 1. The number of amides is 1. The zero-order chi connectivity index (χ0) is 13.3. The summed E-state index contributed by atoms with van der Waals surface area (Å²) in [5, 5.41) is 19.2. The maximum Gasteiger partial charge on any atom is 0.410 e. The van der Waals surface area contributed by atoms with E-state index in [0.717, 1.165) is 0 Å². The molecule has 5 nitrogen and oxygen atoms in total. The number of hydrogen-bond donors (Lipinski definition) is 2. The van der Waals surface area contributed by atoms with Crippen LogP contribution in [0.1, 0.15) is 40.5 Å². The molecule has 0 spiro atoms. The molecule has 5 heteroatoms. The number of piperidine rings is 1. The predicted molar refractivity (Wildman–Crippen MR) is 63.7 cm³/mol. The topological polar surface area (TPSA) is 70.0 Å². The van der Waals surface area contributed by atoms with Crippen LogP contribution >= 0.6 is 0 Å². The molecule has 1 fully saturated rings. The lowest BCUT2D eigenvalue weighted by Gasteiger charge is -2.42. The Hall–Kier alpha value is -0.810. The summed E-state index contributed by atoms with van der Waals surface area (Å²) in [5.41, 5.74) is -1.47. The Morgan fingerprint density at radius 1 is 1.53 bits per heavy atom. The fourth-order valence-corrected chi connectivity index (χ4v) is 1.93. The lowest BCUT2D eigenvalue weighted by atomic mass is 9.91. The Bertz CT molecular complexity index is 283. The lowest BCUT2D eigenvalue weighted by Crippen LogP contribution is -2.55. The number of β-amino-alcohol motifs (C(OH)–C–C–N with tert-alkyl or cyclic N) is 1. The minimum atomic E-state index is -0.900. The van der Waals surface area contributed by atoms with Gasteiger partial charge in [-0.1, -0.05) is 0 Å². The molecule has 0 aromatic carbocycles. The number of aliphatic hydroxyl groups is 2. The Morgan fingerprint density at radius 3 is 2.59 bits per heavy atom. The second-order valence-electron chi connectivity index (χ2n) is 5.98. The number of rotatable bonds is 1. The van der Waals surface area contributed by atoms with Gasteiger partial charge in [-0.05, 0) is 40.5 Å². The Labute approximate surface area is 102 Å². The number of carbonyl (C=O) groups excluding carboxylic acids is 1. The highest BCUT2D eigenvalue weighted by molar-refractivity contribution is 5.69. The molecule has 2 atom stereocenters. The summed E-state index contributed by atoms with van der Waals surface area (Å²) in [7, 11) is 0. The maximum atomic E-state index is 12.0. The van der Waals surface area contributed by atoms with E-state index in [1.165, 1.54) is 4.90 Å². The molecule has 1 saturated heterocycles. The van der Waals surface area contributed by atoms with Crippen molar-refractivity contribution in [3.8, 4) is 0 Å². The van der Waals surface area contributed by atoms with E-state index in [1.807, 2.05) is 0 Å². The van der Waals surface area contributed by atoms with Gasteiger partial charge in [-0.3, -0.25) is 0 Å². The van der Waals surface area contributed by atoms with Crippen LogP contribution < -0.4 is 0 Å². The van der Waals surface area contributed by atoms with Gasteiger partial charge in [-0.15, -0.1) is 0 Å². The van der Waals surface area contributed by atoms with Gasteiger partial charge in [0.25, 0.3) is 0 Å². The van der Waals surface area contributed by atoms with Crippen molar-refractivity contribution in [3.63, 3.8) is 0 Å². The van der Waals surface area contributed by atoms with Gasteiger partial charge in [0.1, 0.15) is 5.60 Å². The fraction of sp³-hybridized carbons (Fsp3) is 0.917. The Balaban J connectivity index is 2.73. The van der Waals surface area contributed by atoms with Crippen LogP contribution in [-0.4, -0.2) is 51.6 Å². The summed E-state index contributed by atoms with van der Waals surface area (Å²) in [5.74, 6) is 0. The molecule has 1 rings (SSSR count). The van der Waals surface area contributed by atoms with Gasteiger partial charge in [0.05, 0.1) is 24.8 Å². The summed E-state index contributed by atoms with van der Waals surface area (Å²) >= 11 is 0. The van der Waals surface area contributed by atoms with Crippen LogP contribution in [0.25, 0.3) is 0 Å². The van der Waals surface area contributed by atoms with E-state index in [4.69, 9.17) is 4.74 Å². The second kappa shape index (κ2) is 4.82. The molecule has 2 N–H and O–H groups in total. The van der Waals surface area contributed by atoms with Crippen LogP contribution in [0.3, 0.4) is 0 Å². The fourth-order valence-electron chi connectivity index (χ4n) is 1.93. The minimum absolute atomic E-state index is 0.102. The van der Waals surface area contributed by atoms with E-state index in [-0.39, 0.29) is 19.2 Å². The minimum Gasteiger partial charge on any atom is -0.444 e. The van der Waals surface area contributed by atoms with Crippen LogP contribution in [0.15, 0.2) is 0 Å². The molecule has 0 aromatic heterocycles. The first-order chi connectivity index (χ1) is 7.64. The normalized spacial score (nSPS) is 30.2. The summed E-state index contributed by atoms with van der Waals surface area (Å²) in [6, 6.07) is -0.259. The average Bonchev–Trinajstić information content (AvgIpc) is 2.13. The van der Waals surface area contributed by atoms with Crippen LogP contribution in [-0.2, 0) is 4.74 Å². The van der Waals surface area contributed by atoms with Gasteiger partial charge in [0.15, 0.2) is 0 Å². The SMILES string of the molecule is CC(C)(C)OC(=O)N1C[C@@](C)(O)CCC1CO. The third-order valence-corrected chi connectivity index (χ3v) is 2.81. The van der Waals surface area contributed by atoms with Crippen molar-refractivity contribution in [3.05, 3.63) is 0 Å². The highest BCUT2D eigenvalue weighted by Gasteiger charge is 2.38. The van der Waals surface area contributed by atoms with Gasteiger partial charge in [-0.2, -0.15) is 0 Å². The van der Waals surface area contributed by atoms with E-state index >= 15 is 0 Å². The highest BCUT2D eigenvalue weighted by Crippen LogP contribution is 2.26. The molecule has 1 unspecified atom stereocenters. The number of likely N-dealkylation sites (tertiary alicyclic amines) is 1. The Kier molecular flexibility index (Phi) is 4.04. The molecule has 0 radical (unpaired) electrons. The van der Waals surface area contributed by atoms with E-state index in [0.29, 0.717) is 12.8 Å². The van der Waals surface area contributed by atoms with Gasteiger partial charge in [0.2, 0.25) is 0 Å². The lowest BCUT2D eigenvalue weighted by molar-refractivity contribution is -0.0593. The van der Waals surface area contributed by atoms with Crippen LogP contribution in [0.2, 0.25) is 0 Å². The van der Waals surface area contributed by atoms with Crippen LogP contribution in [0, 0.1) is 0 Å². The van der Waals surface area contributed by atoms with Gasteiger partial charge >= 0.3 is 6.09 Å². The number of ether oxygens (including phenoxy) is 1. The molecule has 0 saturated carbocycles. The largest absolute Gasteiger partial charge is 0.444 e. The molecule has 1 aliphatic rings. The molecule has 0 aromatic rings. The summed E-state index contributed by atoms with van der Waals surface area (Å²) in [6.45, 7) is 7.17. The number of carbonyl (C=O) groups is 1. The van der Waals surface area contributed by atoms with Gasteiger partial charge in [-0.25, -0.2) is 4.79 Å². The highest BCUT2D eigenvalue weighted by atomic mass is 16.6. The summed E-state index contributed by atoms with van der Waals surface area (Å²) in [6.07, 6.45) is 0.691. The predicted octanol–water partition coefficient (Wildman–Crippen LogP) is 1.13. The number of hydrogen-bond acceptors (Lipinski definition) is 4. The van der Waals surface area contributed by atoms with E-state index in [9.17, 15) is 15.0 Å². The van der Waals surface area contributed by atoms with Crippen LogP contribution in [0.5, 0.6) is 0 Å². The summed E-state index contributed by atoms with van der Waals surface area (Å²) in [4.78, 5) is 13.4. The molecule has 100 valence electrons. The number of nitrogens with zero attached hydrogens (tertiary/aromatic N) is 1. The molecular weight excluding hydrogens is 222 g/mol. The molecule has 0 bridgehead atoms. The first-order valence-electron chi connectivity index (χ1n) is 5.97. The molecular formula is C12H23NO4. The monoisotopic (exact) mass is 245 g/mol. The first kappa shape index (κ1) is 14.3. The van der Waals surface area contributed by atoms with Crippen molar-refractivity contribution in [2.75, 3.05) is 13.2 Å². The smallest absolute Gasteiger partial charge is 0.410 e. The van der Waals surface area contributed by atoms with Crippen molar-refractivity contribution < 1.29 is 19.7 Å². The molecule has 0 aliphatic carbocycles. The molecule has 1 amide bonds. The van der Waals surface area contributed by atoms with Gasteiger partial charge < -0.3 is 19.8 Å². The first-order valence-corrected chi connectivity index (χ1v) is 5.97. The van der Waals surface area contributed by atoms with Gasteiger partial charge in [0, 0.05) is 0 Å². The molecule has 17 heavy (non-hydrogen) atoms. The van der Waals surface area contributed by atoms with E-state index < -0.39 is 17.3 Å².